The van der Waals surface area contributed by atoms with Gasteiger partial charge in [-0.2, -0.15) is 0 Å². The molecule has 1 aromatic carbocycles. The van der Waals surface area contributed by atoms with Crippen LogP contribution in [0.3, 0.4) is 0 Å². The summed E-state index contributed by atoms with van der Waals surface area (Å²) in [6, 6.07) is 6.55. The van der Waals surface area contributed by atoms with E-state index in [4.69, 9.17) is 0 Å². The molecule has 30 heavy (non-hydrogen) atoms. The highest BCUT2D eigenvalue weighted by Gasteiger charge is 2.26. The molecule has 0 spiro atoms. The summed E-state index contributed by atoms with van der Waals surface area (Å²) in [5.41, 5.74) is -0.844. The van der Waals surface area contributed by atoms with Gasteiger partial charge in [-0.15, -0.1) is 0 Å². The number of hydrogen-bond acceptors (Lipinski definition) is 5. The molecule has 0 amide bonds. The lowest BCUT2D eigenvalue weighted by Gasteiger charge is -2.37. The van der Waals surface area contributed by atoms with Gasteiger partial charge in [0, 0.05) is 37.1 Å². The van der Waals surface area contributed by atoms with Crippen LogP contribution in [0.25, 0.3) is 16.7 Å². The Hall–Kier alpha value is -3.33. The van der Waals surface area contributed by atoms with E-state index in [2.05, 4.69) is 10.3 Å². The highest BCUT2D eigenvalue weighted by molar-refractivity contribution is 5.92. The molecular weight excluding hydrogens is 394 g/mol. The molecule has 2 N–H and O–H groups in total. The molecule has 4 rings (SSSR count). The number of benzene rings is 1. The standard InChI is InChI=1S/C21H20F2N4O3/c1-11-8-26(9-12(2)24-11)20-17(23)7-15-18(28)16(21(29)30)10-27(19(15)25-20)14-5-3-13(22)4-6-14/h3-7,10-12,24H,8-9H2,1-2H3,(H,29,30). The fraction of sp³-hybridized carbons (Fsp3) is 0.286. The molecule has 1 aliphatic rings. The number of piperazine rings is 1. The van der Waals surface area contributed by atoms with Gasteiger partial charge in [-0.05, 0) is 44.2 Å². The Balaban J connectivity index is 1.98. The second kappa shape index (κ2) is 7.49. The zero-order chi connectivity index (χ0) is 21.6. The van der Waals surface area contributed by atoms with Crippen LogP contribution in [0.15, 0.2) is 41.3 Å². The van der Waals surface area contributed by atoms with Gasteiger partial charge in [0.25, 0.3) is 0 Å². The SMILES string of the molecule is CC1CN(c2nc3c(cc2F)c(=O)c(C(=O)O)cn3-c2ccc(F)cc2)CC(C)N1. The highest BCUT2D eigenvalue weighted by Crippen LogP contribution is 2.25. The number of aromatic nitrogens is 2. The molecule has 0 aliphatic carbocycles. The Morgan fingerprint density at radius 3 is 2.40 bits per heavy atom. The lowest BCUT2D eigenvalue weighted by atomic mass is 10.1. The van der Waals surface area contributed by atoms with E-state index < -0.39 is 28.6 Å². The van der Waals surface area contributed by atoms with E-state index in [1.54, 1.807) is 4.90 Å². The summed E-state index contributed by atoms with van der Waals surface area (Å²) in [6.07, 6.45) is 1.14. The molecule has 2 aromatic heterocycles. The zero-order valence-electron chi connectivity index (χ0n) is 16.4. The number of fused-ring (bicyclic) bond motifs is 1. The van der Waals surface area contributed by atoms with E-state index in [1.165, 1.54) is 28.8 Å². The van der Waals surface area contributed by atoms with Crippen LogP contribution in [0.5, 0.6) is 0 Å². The van der Waals surface area contributed by atoms with Crippen molar-refractivity contribution in [3.05, 3.63) is 63.9 Å². The summed E-state index contributed by atoms with van der Waals surface area (Å²) in [5.74, 6) is -2.52. The largest absolute Gasteiger partial charge is 0.477 e. The molecule has 3 aromatic rings. The van der Waals surface area contributed by atoms with Crippen molar-refractivity contribution in [1.82, 2.24) is 14.9 Å². The maximum absolute atomic E-state index is 15.0. The van der Waals surface area contributed by atoms with Gasteiger partial charge < -0.3 is 19.9 Å². The van der Waals surface area contributed by atoms with Crippen LogP contribution >= 0.6 is 0 Å². The molecule has 156 valence electrons. The molecule has 0 radical (unpaired) electrons. The minimum absolute atomic E-state index is 0.0843. The molecule has 9 heteroatoms. The zero-order valence-corrected chi connectivity index (χ0v) is 16.4. The maximum Gasteiger partial charge on any atom is 0.341 e. The molecule has 1 aliphatic heterocycles. The molecular formula is C21H20F2N4O3. The van der Waals surface area contributed by atoms with Crippen molar-refractivity contribution in [2.45, 2.75) is 25.9 Å². The summed E-state index contributed by atoms with van der Waals surface area (Å²) < 4.78 is 29.8. The monoisotopic (exact) mass is 414 g/mol. The van der Waals surface area contributed by atoms with Crippen LogP contribution in [0.2, 0.25) is 0 Å². The summed E-state index contributed by atoms with van der Waals surface area (Å²) in [7, 11) is 0. The molecule has 2 unspecified atom stereocenters. The van der Waals surface area contributed by atoms with Gasteiger partial charge in [0.05, 0.1) is 5.39 Å². The Morgan fingerprint density at radius 1 is 1.17 bits per heavy atom. The van der Waals surface area contributed by atoms with Crippen molar-refractivity contribution in [2.75, 3.05) is 18.0 Å². The predicted octanol–water partition coefficient (Wildman–Crippen LogP) is 2.55. The Kier molecular flexibility index (Phi) is 4.98. The normalized spacial score (nSPS) is 19.3. The third kappa shape index (κ3) is 3.52. The highest BCUT2D eigenvalue weighted by atomic mass is 19.1. The number of anilines is 1. The first-order chi connectivity index (χ1) is 14.2. The summed E-state index contributed by atoms with van der Waals surface area (Å²) >= 11 is 0. The number of aromatic carboxylic acids is 1. The van der Waals surface area contributed by atoms with Crippen molar-refractivity contribution in [1.29, 1.82) is 0 Å². The van der Waals surface area contributed by atoms with E-state index in [-0.39, 0.29) is 28.9 Å². The van der Waals surface area contributed by atoms with Crippen molar-refractivity contribution >= 4 is 22.8 Å². The van der Waals surface area contributed by atoms with Gasteiger partial charge >= 0.3 is 5.97 Å². The predicted molar refractivity (Wildman–Crippen MR) is 108 cm³/mol. The molecule has 1 fully saturated rings. The third-order valence-corrected chi connectivity index (χ3v) is 5.11. The topological polar surface area (TPSA) is 87.5 Å². The minimum Gasteiger partial charge on any atom is -0.477 e. The van der Waals surface area contributed by atoms with Crippen LogP contribution in [0.4, 0.5) is 14.6 Å². The number of halogens is 2. The second-order valence-corrected chi connectivity index (χ2v) is 7.56. The van der Waals surface area contributed by atoms with Crippen molar-refractivity contribution in [3.63, 3.8) is 0 Å². The van der Waals surface area contributed by atoms with E-state index in [0.29, 0.717) is 18.8 Å². The van der Waals surface area contributed by atoms with Gasteiger partial charge in [0.1, 0.15) is 11.4 Å². The Bertz CT molecular complexity index is 1180. The first-order valence-corrected chi connectivity index (χ1v) is 9.50. The fourth-order valence-electron chi connectivity index (χ4n) is 3.89. The first-order valence-electron chi connectivity index (χ1n) is 9.50. The van der Waals surface area contributed by atoms with Crippen LogP contribution in [0, 0.1) is 11.6 Å². The maximum atomic E-state index is 15.0. The van der Waals surface area contributed by atoms with Gasteiger partial charge in [-0.3, -0.25) is 4.79 Å². The van der Waals surface area contributed by atoms with E-state index in [1.807, 2.05) is 13.8 Å². The van der Waals surface area contributed by atoms with Crippen molar-refractivity contribution in [2.24, 2.45) is 0 Å². The van der Waals surface area contributed by atoms with Crippen LogP contribution in [-0.2, 0) is 0 Å². The van der Waals surface area contributed by atoms with Crippen LogP contribution in [-0.4, -0.2) is 45.8 Å². The average molecular weight is 414 g/mol. The van der Waals surface area contributed by atoms with Gasteiger partial charge in [0.15, 0.2) is 17.3 Å². The fourth-order valence-corrected chi connectivity index (χ4v) is 3.89. The van der Waals surface area contributed by atoms with Gasteiger partial charge in [-0.25, -0.2) is 18.6 Å². The summed E-state index contributed by atoms with van der Waals surface area (Å²) in [5, 5.41) is 12.6. The summed E-state index contributed by atoms with van der Waals surface area (Å²) in [6.45, 7) is 5.01. The van der Waals surface area contributed by atoms with Crippen molar-refractivity contribution in [3.8, 4) is 5.69 Å². The number of carboxylic acids is 1. The average Bonchev–Trinajstić information content (AvgIpc) is 2.68. The number of nitrogens with zero attached hydrogens (tertiary/aromatic N) is 3. The van der Waals surface area contributed by atoms with Crippen LogP contribution in [0.1, 0.15) is 24.2 Å². The number of pyridine rings is 2. The third-order valence-electron chi connectivity index (χ3n) is 5.11. The smallest absolute Gasteiger partial charge is 0.341 e. The van der Waals surface area contributed by atoms with Crippen molar-refractivity contribution < 1.29 is 18.7 Å². The van der Waals surface area contributed by atoms with E-state index in [9.17, 15) is 23.5 Å². The number of hydrogen-bond donors (Lipinski definition) is 2. The quantitative estimate of drug-likeness (QED) is 0.685. The minimum atomic E-state index is -1.44. The van der Waals surface area contributed by atoms with Gasteiger partial charge in [-0.1, -0.05) is 0 Å². The Labute approximate surface area is 170 Å². The first kappa shape index (κ1) is 20.0. The second-order valence-electron chi connectivity index (χ2n) is 7.56. The molecule has 2 atom stereocenters. The molecule has 3 heterocycles. The molecule has 0 saturated carbocycles. The molecule has 1 saturated heterocycles. The Morgan fingerprint density at radius 2 is 1.80 bits per heavy atom. The van der Waals surface area contributed by atoms with E-state index >= 15 is 0 Å². The lowest BCUT2D eigenvalue weighted by Crippen LogP contribution is -2.54. The number of nitrogens with one attached hydrogen (secondary N) is 1. The number of rotatable bonds is 3. The summed E-state index contributed by atoms with van der Waals surface area (Å²) in [4.78, 5) is 30.5. The molecule has 7 nitrogen and oxygen atoms in total. The lowest BCUT2D eigenvalue weighted by molar-refractivity contribution is 0.0695. The van der Waals surface area contributed by atoms with Crippen LogP contribution < -0.4 is 15.6 Å². The van der Waals surface area contributed by atoms with Gasteiger partial charge in [0.2, 0.25) is 5.43 Å². The molecule has 0 bridgehead atoms. The number of carbonyl (C=O) groups is 1. The number of carboxylic acid groups (broad SMARTS) is 1. The van der Waals surface area contributed by atoms with E-state index in [0.717, 1.165) is 12.3 Å².